The van der Waals surface area contributed by atoms with E-state index in [2.05, 4.69) is 6.58 Å². The van der Waals surface area contributed by atoms with E-state index < -0.39 is 12.2 Å². The Labute approximate surface area is 165 Å². The molecule has 2 aromatic carbocycles. The van der Waals surface area contributed by atoms with E-state index >= 15 is 0 Å². The number of nitrogens with zero attached hydrogens (tertiary/aromatic N) is 1. The van der Waals surface area contributed by atoms with Gasteiger partial charge in [0.2, 0.25) is 5.91 Å². The molecule has 0 aliphatic heterocycles. The molecule has 1 amide bonds. The lowest BCUT2D eigenvalue weighted by molar-refractivity contribution is -0.119. The molecule has 0 saturated heterocycles. The first-order valence-corrected chi connectivity index (χ1v) is 8.97. The number of carbonyl (C=O) groups is 2. The smallest absolute Gasteiger partial charge is 0.430 e. The first-order valence-electron chi connectivity index (χ1n) is 8.97. The third-order valence-electron chi connectivity index (χ3n) is 4.41. The largest absolute Gasteiger partial charge is 0.514 e. The third kappa shape index (κ3) is 5.44. The molecule has 0 heterocycles. The van der Waals surface area contributed by atoms with Gasteiger partial charge < -0.3 is 20.1 Å². The number of anilines is 1. The molecule has 148 valence electrons. The number of aryl methyl sites for hydroxylation is 2. The third-order valence-corrected chi connectivity index (χ3v) is 4.41. The summed E-state index contributed by atoms with van der Waals surface area (Å²) in [5, 5.41) is 0. The molecule has 2 aromatic rings. The van der Waals surface area contributed by atoms with Gasteiger partial charge in [0.15, 0.2) is 0 Å². The van der Waals surface area contributed by atoms with Gasteiger partial charge in [0, 0.05) is 12.7 Å². The van der Waals surface area contributed by atoms with Crippen molar-refractivity contribution in [2.24, 2.45) is 5.73 Å². The van der Waals surface area contributed by atoms with Crippen molar-refractivity contribution in [1.29, 1.82) is 0 Å². The molecule has 0 saturated carbocycles. The number of likely N-dealkylation sites (N-methyl/N-ethyl adjacent to an activating group) is 1. The zero-order chi connectivity index (χ0) is 20.7. The van der Waals surface area contributed by atoms with Gasteiger partial charge in [-0.1, -0.05) is 30.9 Å². The molecule has 6 heteroatoms. The Bertz CT molecular complexity index is 826. The molecule has 2 N–H and O–H groups in total. The minimum atomic E-state index is -0.789. The van der Waals surface area contributed by atoms with Crippen LogP contribution in [0.25, 0.3) is 0 Å². The average Bonchev–Trinajstić information content (AvgIpc) is 2.68. The van der Waals surface area contributed by atoms with Crippen LogP contribution in [0, 0.1) is 13.8 Å². The van der Waals surface area contributed by atoms with Crippen molar-refractivity contribution in [3.05, 3.63) is 71.8 Å². The average molecular weight is 382 g/mol. The summed E-state index contributed by atoms with van der Waals surface area (Å²) in [4.78, 5) is 25.8. The summed E-state index contributed by atoms with van der Waals surface area (Å²) in [6.07, 6.45) is 1.06. The van der Waals surface area contributed by atoms with E-state index in [0.29, 0.717) is 12.2 Å². The molecule has 2 rings (SSSR count). The second-order valence-electron chi connectivity index (χ2n) is 6.53. The quantitative estimate of drug-likeness (QED) is 0.450. The number of para-hydroxylation sites is 1. The predicted octanol–water partition coefficient (Wildman–Crippen LogP) is 3.54. The van der Waals surface area contributed by atoms with Gasteiger partial charge >= 0.3 is 6.16 Å². The van der Waals surface area contributed by atoms with Crippen molar-refractivity contribution in [2.75, 3.05) is 18.6 Å². The highest BCUT2D eigenvalue weighted by atomic mass is 16.7. The summed E-state index contributed by atoms with van der Waals surface area (Å²) >= 11 is 0. The maximum atomic E-state index is 12.7. The van der Waals surface area contributed by atoms with Crippen molar-refractivity contribution in [3.63, 3.8) is 0 Å². The summed E-state index contributed by atoms with van der Waals surface area (Å²) < 4.78 is 9.99. The Balaban J connectivity index is 2.09. The SMILES string of the molecule is C=CCOC(=O)Oc1cc(C)c(C[C@H](N)C(=O)N(C)c2ccccc2)c(C)c1. The minimum Gasteiger partial charge on any atom is -0.430 e. The molecular formula is C22H26N2O4. The van der Waals surface area contributed by atoms with Crippen LogP contribution in [0.1, 0.15) is 16.7 Å². The lowest BCUT2D eigenvalue weighted by Crippen LogP contribution is -2.43. The molecule has 0 fully saturated rings. The number of carbonyl (C=O) groups excluding carboxylic acids is 2. The maximum absolute atomic E-state index is 12.7. The van der Waals surface area contributed by atoms with E-state index in [-0.39, 0.29) is 12.5 Å². The summed E-state index contributed by atoms with van der Waals surface area (Å²) in [5.74, 6) is 0.215. The molecule has 0 spiro atoms. The number of hydrogen-bond donors (Lipinski definition) is 1. The highest BCUT2D eigenvalue weighted by molar-refractivity contribution is 5.96. The normalized spacial score (nSPS) is 11.4. The number of ether oxygens (including phenoxy) is 2. The van der Waals surface area contributed by atoms with Gasteiger partial charge in [0.1, 0.15) is 12.4 Å². The molecule has 0 unspecified atom stereocenters. The van der Waals surface area contributed by atoms with Crippen molar-refractivity contribution in [3.8, 4) is 5.75 Å². The summed E-state index contributed by atoms with van der Waals surface area (Å²) in [7, 11) is 1.71. The number of benzene rings is 2. The number of rotatable bonds is 7. The van der Waals surface area contributed by atoms with Gasteiger partial charge in [-0.3, -0.25) is 4.79 Å². The fraction of sp³-hybridized carbons (Fsp3) is 0.273. The van der Waals surface area contributed by atoms with Crippen LogP contribution >= 0.6 is 0 Å². The van der Waals surface area contributed by atoms with Gasteiger partial charge in [-0.2, -0.15) is 0 Å². The fourth-order valence-electron chi connectivity index (χ4n) is 2.92. The van der Waals surface area contributed by atoms with Crippen LogP contribution in [0.2, 0.25) is 0 Å². The first-order chi connectivity index (χ1) is 13.3. The van der Waals surface area contributed by atoms with E-state index in [1.165, 1.54) is 6.08 Å². The lowest BCUT2D eigenvalue weighted by Gasteiger charge is -2.22. The highest BCUT2D eigenvalue weighted by Gasteiger charge is 2.21. The Morgan fingerprint density at radius 1 is 1.18 bits per heavy atom. The van der Waals surface area contributed by atoms with Crippen LogP contribution in [0.3, 0.4) is 0 Å². The van der Waals surface area contributed by atoms with Crippen LogP contribution in [-0.2, 0) is 16.0 Å². The Hall–Kier alpha value is -3.12. The molecular weight excluding hydrogens is 356 g/mol. The van der Waals surface area contributed by atoms with Crippen LogP contribution < -0.4 is 15.4 Å². The number of amides is 1. The Morgan fingerprint density at radius 2 is 1.79 bits per heavy atom. The number of hydrogen-bond acceptors (Lipinski definition) is 5. The summed E-state index contributed by atoms with van der Waals surface area (Å²) in [6.45, 7) is 7.34. The predicted molar refractivity (Wildman–Crippen MR) is 110 cm³/mol. The van der Waals surface area contributed by atoms with E-state index in [1.54, 1.807) is 24.1 Å². The lowest BCUT2D eigenvalue weighted by atomic mass is 9.95. The summed E-state index contributed by atoms with van der Waals surface area (Å²) in [5.41, 5.74) is 9.71. The van der Waals surface area contributed by atoms with E-state index in [4.69, 9.17) is 15.2 Å². The number of nitrogens with two attached hydrogens (primary N) is 1. The standard InChI is InChI=1S/C22H26N2O4/c1-5-11-27-22(26)28-18-12-15(2)19(16(3)13-18)14-20(23)21(25)24(4)17-9-7-6-8-10-17/h5-10,12-13,20H,1,11,14,23H2,2-4H3/t20-/m0/s1. The molecule has 0 aliphatic rings. The second-order valence-corrected chi connectivity index (χ2v) is 6.53. The molecule has 6 nitrogen and oxygen atoms in total. The van der Waals surface area contributed by atoms with E-state index in [1.807, 2.05) is 44.2 Å². The summed E-state index contributed by atoms with van der Waals surface area (Å²) in [6, 6.07) is 12.1. The van der Waals surface area contributed by atoms with Crippen molar-refractivity contribution in [1.82, 2.24) is 0 Å². The minimum absolute atomic E-state index is 0.0841. The molecule has 0 aliphatic carbocycles. The topological polar surface area (TPSA) is 81.9 Å². The zero-order valence-electron chi connectivity index (χ0n) is 16.5. The van der Waals surface area contributed by atoms with Crippen molar-refractivity contribution in [2.45, 2.75) is 26.3 Å². The second kappa shape index (κ2) is 9.71. The highest BCUT2D eigenvalue weighted by Crippen LogP contribution is 2.24. The van der Waals surface area contributed by atoms with Crippen LogP contribution in [-0.4, -0.2) is 31.8 Å². The van der Waals surface area contributed by atoms with Gasteiger partial charge in [-0.05, 0) is 61.2 Å². The monoisotopic (exact) mass is 382 g/mol. The van der Waals surface area contributed by atoms with E-state index in [0.717, 1.165) is 22.4 Å². The van der Waals surface area contributed by atoms with E-state index in [9.17, 15) is 9.59 Å². The Kier molecular flexibility index (Phi) is 7.35. The molecule has 28 heavy (non-hydrogen) atoms. The molecule has 0 bridgehead atoms. The van der Waals surface area contributed by atoms with Gasteiger partial charge in [-0.25, -0.2) is 4.79 Å². The van der Waals surface area contributed by atoms with Crippen molar-refractivity contribution < 1.29 is 19.1 Å². The molecule has 0 radical (unpaired) electrons. The van der Waals surface area contributed by atoms with Crippen LogP contribution in [0.15, 0.2) is 55.1 Å². The van der Waals surface area contributed by atoms with Crippen molar-refractivity contribution >= 4 is 17.7 Å². The first kappa shape index (κ1) is 21.2. The Morgan fingerprint density at radius 3 is 2.36 bits per heavy atom. The fourth-order valence-corrected chi connectivity index (χ4v) is 2.92. The maximum Gasteiger partial charge on any atom is 0.514 e. The van der Waals surface area contributed by atoms with Gasteiger partial charge in [-0.15, -0.1) is 0 Å². The van der Waals surface area contributed by atoms with Crippen LogP contribution in [0.5, 0.6) is 5.75 Å². The molecule has 1 atom stereocenters. The molecule has 0 aromatic heterocycles. The van der Waals surface area contributed by atoms with Crippen LogP contribution in [0.4, 0.5) is 10.5 Å². The van der Waals surface area contributed by atoms with Gasteiger partial charge in [0.05, 0.1) is 6.04 Å². The van der Waals surface area contributed by atoms with Gasteiger partial charge in [0.25, 0.3) is 0 Å². The zero-order valence-corrected chi connectivity index (χ0v) is 16.5.